The first-order chi connectivity index (χ1) is 12.3. The number of nitriles is 1. The highest BCUT2D eigenvalue weighted by Crippen LogP contribution is 2.10. The van der Waals surface area contributed by atoms with E-state index >= 15 is 0 Å². The molecule has 1 aliphatic heterocycles. The summed E-state index contributed by atoms with van der Waals surface area (Å²) < 4.78 is 0. The van der Waals surface area contributed by atoms with Crippen LogP contribution in [-0.4, -0.2) is 109 Å². The maximum Gasteiger partial charge on any atom is 0.115 e. The van der Waals surface area contributed by atoms with Crippen molar-refractivity contribution in [2.24, 2.45) is 5.73 Å². The van der Waals surface area contributed by atoms with Crippen LogP contribution in [0.1, 0.15) is 33.1 Å². The summed E-state index contributed by atoms with van der Waals surface area (Å²) in [4.78, 5) is 9.50. The van der Waals surface area contributed by atoms with E-state index in [1.165, 1.54) is 0 Å². The summed E-state index contributed by atoms with van der Waals surface area (Å²) in [5.74, 6) is 0. The monoisotopic (exact) mass is 368 g/mol. The molecule has 0 aromatic heterocycles. The second-order valence-electron chi connectivity index (χ2n) is 7.89. The molecule has 7 nitrogen and oxygen atoms in total. The number of rotatable bonds is 4. The third kappa shape index (κ3) is 9.26. The Bertz CT molecular complexity index is 413. The lowest BCUT2D eigenvalue weighted by Gasteiger charge is -2.35. The first kappa shape index (κ1) is 23.3. The van der Waals surface area contributed by atoms with E-state index in [2.05, 4.69) is 53.6 Å². The molecule has 0 saturated carbocycles. The normalized spacial score (nSPS) is 28.3. The standard InChI is InChI=1S/C19H40N6O/c1-17-6-10-23(4)13-15-25(16-19(21)26)18(2)7-11-22(3)12-14-24(17)9-5-8-20/h17-19,26H,5-7,9-16,21H2,1-4H3. The number of likely N-dealkylation sites (N-methyl/N-ethyl adjacent to an activating group) is 2. The number of hydrogen-bond donors (Lipinski definition) is 2. The summed E-state index contributed by atoms with van der Waals surface area (Å²) in [6, 6.07) is 3.15. The molecule has 0 aromatic rings. The van der Waals surface area contributed by atoms with Crippen molar-refractivity contribution in [3.8, 4) is 6.07 Å². The van der Waals surface area contributed by atoms with Crippen molar-refractivity contribution in [2.45, 2.75) is 51.4 Å². The van der Waals surface area contributed by atoms with Gasteiger partial charge in [-0.05, 0) is 53.9 Å². The van der Waals surface area contributed by atoms with Gasteiger partial charge in [0.25, 0.3) is 0 Å². The molecule has 26 heavy (non-hydrogen) atoms. The van der Waals surface area contributed by atoms with Crippen LogP contribution in [0.4, 0.5) is 0 Å². The smallest absolute Gasteiger partial charge is 0.115 e. The molecular formula is C19H40N6O. The average Bonchev–Trinajstić information content (AvgIpc) is 2.60. The zero-order valence-electron chi connectivity index (χ0n) is 17.3. The van der Waals surface area contributed by atoms with Crippen LogP contribution in [0.2, 0.25) is 0 Å². The van der Waals surface area contributed by atoms with Gasteiger partial charge in [0.05, 0.1) is 6.07 Å². The lowest BCUT2D eigenvalue weighted by Crippen LogP contribution is -2.47. The van der Waals surface area contributed by atoms with E-state index in [0.29, 0.717) is 25.0 Å². The summed E-state index contributed by atoms with van der Waals surface area (Å²) in [6.07, 6.45) is 1.96. The quantitative estimate of drug-likeness (QED) is 0.687. The fourth-order valence-electron chi connectivity index (χ4n) is 3.48. The van der Waals surface area contributed by atoms with Gasteiger partial charge in [-0.3, -0.25) is 9.80 Å². The van der Waals surface area contributed by atoms with E-state index in [-0.39, 0.29) is 0 Å². The minimum atomic E-state index is -0.784. The van der Waals surface area contributed by atoms with Gasteiger partial charge < -0.3 is 20.6 Å². The molecule has 0 aromatic carbocycles. The minimum Gasteiger partial charge on any atom is -0.377 e. The lowest BCUT2D eigenvalue weighted by molar-refractivity contribution is 0.0780. The van der Waals surface area contributed by atoms with E-state index in [1.807, 2.05) is 0 Å². The molecule has 0 aliphatic carbocycles. The van der Waals surface area contributed by atoms with Gasteiger partial charge in [0.2, 0.25) is 0 Å². The fraction of sp³-hybridized carbons (Fsp3) is 0.947. The molecule has 1 heterocycles. The van der Waals surface area contributed by atoms with Crippen LogP contribution < -0.4 is 5.73 Å². The van der Waals surface area contributed by atoms with Crippen molar-refractivity contribution >= 4 is 0 Å². The highest BCUT2D eigenvalue weighted by Gasteiger charge is 2.20. The summed E-state index contributed by atoms with van der Waals surface area (Å²) >= 11 is 0. The zero-order valence-corrected chi connectivity index (χ0v) is 17.3. The molecule has 0 amide bonds. The Morgan fingerprint density at radius 3 is 1.96 bits per heavy atom. The molecule has 1 aliphatic rings. The minimum absolute atomic E-state index is 0.389. The van der Waals surface area contributed by atoms with Crippen LogP contribution in [0.15, 0.2) is 0 Å². The number of β-amino-alcohol motifs (C(OH)–C–C–N with tert-alkyl or cyclic N) is 1. The lowest BCUT2D eigenvalue weighted by atomic mass is 10.1. The van der Waals surface area contributed by atoms with Crippen LogP contribution in [0.25, 0.3) is 0 Å². The molecular weight excluding hydrogens is 328 g/mol. The largest absolute Gasteiger partial charge is 0.377 e. The van der Waals surface area contributed by atoms with E-state index in [9.17, 15) is 5.11 Å². The Kier molecular flexibility index (Phi) is 11.3. The summed E-state index contributed by atoms with van der Waals surface area (Å²) in [5.41, 5.74) is 5.64. The highest BCUT2D eigenvalue weighted by atomic mass is 16.3. The van der Waals surface area contributed by atoms with Crippen molar-refractivity contribution < 1.29 is 5.11 Å². The van der Waals surface area contributed by atoms with Crippen molar-refractivity contribution in [1.29, 1.82) is 5.26 Å². The third-order valence-corrected chi connectivity index (χ3v) is 5.57. The number of nitrogens with two attached hydrogens (primary N) is 1. The topological polar surface area (TPSA) is 83.0 Å². The number of hydrogen-bond acceptors (Lipinski definition) is 7. The van der Waals surface area contributed by atoms with Crippen LogP contribution in [0.3, 0.4) is 0 Å². The van der Waals surface area contributed by atoms with Gasteiger partial charge in [-0.2, -0.15) is 5.26 Å². The zero-order chi connectivity index (χ0) is 19.5. The van der Waals surface area contributed by atoms with E-state index < -0.39 is 6.23 Å². The number of nitrogens with zero attached hydrogens (tertiary/aromatic N) is 5. The van der Waals surface area contributed by atoms with Gasteiger partial charge in [-0.25, -0.2) is 0 Å². The predicted molar refractivity (Wildman–Crippen MR) is 107 cm³/mol. The molecule has 3 N–H and O–H groups in total. The molecule has 0 bridgehead atoms. The van der Waals surface area contributed by atoms with Crippen molar-refractivity contribution in [1.82, 2.24) is 19.6 Å². The molecule has 1 rings (SSSR count). The highest BCUT2D eigenvalue weighted by molar-refractivity contribution is 4.78. The SMILES string of the molecule is CC1CCN(C)CCN(CC(N)O)C(C)CCN(C)CCN1CCC#N. The first-order valence-corrected chi connectivity index (χ1v) is 9.99. The van der Waals surface area contributed by atoms with Crippen LogP contribution >= 0.6 is 0 Å². The first-order valence-electron chi connectivity index (χ1n) is 9.99. The molecule has 1 fully saturated rings. The summed E-state index contributed by atoms with van der Waals surface area (Å²) in [5, 5.41) is 18.6. The second kappa shape index (κ2) is 12.6. The van der Waals surface area contributed by atoms with Crippen LogP contribution in [-0.2, 0) is 0 Å². The van der Waals surface area contributed by atoms with E-state index in [0.717, 1.165) is 58.7 Å². The Morgan fingerprint density at radius 1 is 0.962 bits per heavy atom. The molecule has 3 unspecified atom stereocenters. The third-order valence-electron chi connectivity index (χ3n) is 5.57. The number of aliphatic hydroxyl groups excluding tert-OH is 1. The summed E-state index contributed by atoms with van der Waals surface area (Å²) in [7, 11) is 4.33. The van der Waals surface area contributed by atoms with Crippen molar-refractivity contribution in [3.05, 3.63) is 0 Å². The second-order valence-corrected chi connectivity index (χ2v) is 7.89. The number of aliphatic hydroxyl groups is 1. The Hall–Kier alpha value is -0.750. The summed E-state index contributed by atoms with van der Waals surface area (Å²) in [6.45, 7) is 11.8. The van der Waals surface area contributed by atoms with Gasteiger partial charge >= 0.3 is 0 Å². The van der Waals surface area contributed by atoms with Crippen molar-refractivity contribution in [2.75, 3.05) is 66.5 Å². The van der Waals surface area contributed by atoms with E-state index in [4.69, 9.17) is 11.0 Å². The Balaban J connectivity index is 2.73. The molecule has 0 spiro atoms. The molecule has 3 atom stereocenters. The maximum absolute atomic E-state index is 9.63. The molecule has 0 radical (unpaired) electrons. The van der Waals surface area contributed by atoms with Gasteiger partial charge in [0, 0.05) is 57.8 Å². The molecule has 7 heteroatoms. The van der Waals surface area contributed by atoms with Gasteiger partial charge in [0.1, 0.15) is 6.23 Å². The van der Waals surface area contributed by atoms with Crippen molar-refractivity contribution in [3.63, 3.8) is 0 Å². The van der Waals surface area contributed by atoms with Crippen LogP contribution in [0.5, 0.6) is 0 Å². The van der Waals surface area contributed by atoms with Crippen LogP contribution in [0, 0.1) is 11.3 Å². The molecule has 152 valence electrons. The maximum atomic E-state index is 9.63. The van der Waals surface area contributed by atoms with Gasteiger partial charge in [0.15, 0.2) is 0 Å². The fourth-order valence-corrected chi connectivity index (χ4v) is 3.48. The van der Waals surface area contributed by atoms with Gasteiger partial charge in [-0.15, -0.1) is 0 Å². The Morgan fingerprint density at radius 2 is 1.46 bits per heavy atom. The predicted octanol–water partition coefficient (Wildman–Crippen LogP) is 0.216. The van der Waals surface area contributed by atoms with E-state index in [1.54, 1.807) is 0 Å². The average molecular weight is 369 g/mol. The Labute approximate surface area is 160 Å². The molecule has 1 saturated heterocycles. The van der Waals surface area contributed by atoms with Gasteiger partial charge in [-0.1, -0.05) is 0 Å².